The van der Waals surface area contributed by atoms with Crippen LogP contribution in [0, 0.1) is 20.8 Å². The van der Waals surface area contributed by atoms with Gasteiger partial charge in [-0.1, -0.05) is 17.7 Å². The zero-order valence-electron chi connectivity index (χ0n) is 16.4. The molecule has 1 heterocycles. The minimum atomic E-state index is -0.262. The van der Waals surface area contributed by atoms with Crippen LogP contribution in [-0.4, -0.2) is 27.8 Å². The fourth-order valence-electron chi connectivity index (χ4n) is 3.15. The molecule has 1 amide bonds. The monoisotopic (exact) mass is 377 g/mol. The predicted molar refractivity (Wildman–Crippen MR) is 108 cm³/mol. The van der Waals surface area contributed by atoms with Crippen molar-refractivity contribution in [1.29, 1.82) is 0 Å². The van der Waals surface area contributed by atoms with Crippen LogP contribution in [0.25, 0.3) is 0 Å². The zero-order chi connectivity index (χ0) is 20.3. The Morgan fingerprint density at radius 2 is 1.71 bits per heavy atom. The lowest BCUT2D eigenvalue weighted by atomic mass is 10.1. The first-order valence-corrected chi connectivity index (χ1v) is 8.97. The number of nitrogens with zero attached hydrogens (tertiary/aromatic N) is 2. The summed E-state index contributed by atoms with van der Waals surface area (Å²) in [5.74, 6) is 0.673. The number of rotatable bonds is 6. The molecule has 0 fully saturated rings. The number of nitrogens with one attached hydrogen (secondary N) is 1. The van der Waals surface area contributed by atoms with Crippen LogP contribution >= 0.6 is 0 Å². The second-order valence-corrected chi connectivity index (χ2v) is 6.83. The first-order chi connectivity index (χ1) is 13.3. The van der Waals surface area contributed by atoms with Crippen molar-refractivity contribution in [2.24, 2.45) is 7.05 Å². The third kappa shape index (κ3) is 4.28. The standard InChI is InChI=1S/C22H23N3O3/c1-14-11-15(2)21(16(3)12-14)28-13-19(26)24-18-7-5-17(6-8-18)20(27)22-23-9-10-25(22)4/h5-12H,13H2,1-4H3,(H,24,26). The molecule has 3 aromatic rings. The third-order valence-electron chi connectivity index (χ3n) is 4.41. The lowest BCUT2D eigenvalue weighted by Gasteiger charge is -2.13. The summed E-state index contributed by atoms with van der Waals surface area (Å²) in [4.78, 5) is 28.7. The topological polar surface area (TPSA) is 73.2 Å². The normalized spacial score (nSPS) is 10.6. The average Bonchev–Trinajstić information content (AvgIpc) is 3.07. The molecule has 0 radical (unpaired) electrons. The molecule has 1 aromatic heterocycles. The van der Waals surface area contributed by atoms with E-state index < -0.39 is 0 Å². The van der Waals surface area contributed by atoms with Crippen molar-refractivity contribution in [2.75, 3.05) is 11.9 Å². The number of hydrogen-bond donors (Lipinski definition) is 1. The molecule has 0 bridgehead atoms. The SMILES string of the molecule is Cc1cc(C)c(OCC(=O)Nc2ccc(C(=O)c3nccn3C)cc2)c(C)c1. The molecular formula is C22H23N3O3. The van der Waals surface area contributed by atoms with E-state index in [2.05, 4.69) is 10.3 Å². The maximum Gasteiger partial charge on any atom is 0.262 e. The first kappa shape index (κ1) is 19.4. The van der Waals surface area contributed by atoms with Crippen molar-refractivity contribution in [1.82, 2.24) is 9.55 Å². The van der Waals surface area contributed by atoms with Crippen LogP contribution in [0.4, 0.5) is 5.69 Å². The van der Waals surface area contributed by atoms with E-state index in [1.54, 1.807) is 48.3 Å². The minimum absolute atomic E-state index is 0.0846. The molecule has 0 saturated carbocycles. The summed E-state index contributed by atoms with van der Waals surface area (Å²) in [6.45, 7) is 5.87. The van der Waals surface area contributed by atoms with E-state index in [-0.39, 0.29) is 18.3 Å². The molecule has 6 heteroatoms. The highest BCUT2D eigenvalue weighted by atomic mass is 16.5. The van der Waals surface area contributed by atoms with Crippen molar-refractivity contribution in [3.05, 3.63) is 76.9 Å². The van der Waals surface area contributed by atoms with Gasteiger partial charge < -0.3 is 14.6 Å². The highest BCUT2D eigenvalue weighted by molar-refractivity contribution is 6.07. The Kier molecular flexibility index (Phi) is 5.59. The smallest absolute Gasteiger partial charge is 0.262 e. The van der Waals surface area contributed by atoms with E-state index in [4.69, 9.17) is 4.74 Å². The first-order valence-electron chi connectivity index (χ1n) is 8.97. The number of ketones is 1. The third-order valence-corrected chi connectivity index (χ3v) is 4.41. The molecule has 0 unspecified atom stereocenters. The van der Waals surface area contributed by atoms with Crippen molar-refractivity contribution in [3.63, 3.8) is 0 Å². The van der Waals surface area contributed by atoms with Gasteiger partial charge in [-0.3, -0.25) is 9.59 Å². The summed E-state index contributed by atoms with van der Waals surface area (Å²) in [7, 11) is 1.77. The van der Waals surface area contributed by atoms with E-state index in [9.17, 15) is 9.59 Å². The number of amides is 1. The lowest BCUT2D eigenvalue weighted by Crippen LogP contribution is -2.20. The molecule has 0 saturated heterocycles. The van der Waals surface area contributed by atoms with Gasteiger partial charge in [-0.25, -0.2) is 4.98 Å². The van der Waals surface area contributed by atoms with Gasteiger partial charge in [-0.2, -0.15) is 0 Å². The molecule has 0 spiro atoms. The summed E-state index contributed by atoms with van der Waals surface area (Å²) < 4.78 is 7.37. The predicted octanol–water partition coefficient (Wildman–Crippen LogP) is 3.59. The molecule has 1 N–H and O–H groups in total. The summed E-state index contributed by atoms with van der Waals surface area (Å²) in [6, 6.07) is 10.8. The van der Waals surface area contributed by atoms with Gasteiger partial charge in [0.25, 0.3) is 5.91 Å². The molecule has 0 aliphatic heterocycles. The second kappa shape index (κ2) is 8.08. The van der Waals surface area contributed by atoms with Crippen molar-refractivity contribution in [2.45, 2.75) is 20.8 Å². The van der Waals surface area contributed by atoms with Gasteiger partial charge in [0.2, 0.25) is 5.78 Å². The highest BCUT2D eigenvalue weighted by Gasteiger charge is 2.14. The lowest BCUT2D eigenvalue weighted by molar-refractivity contribution is -0.118. The summed E-state index contributed by atoms with van der Waals surface area (Å²) in [6.07, 6.45) is 3.30. The zero-order valence-corrected chi connectivity index (χ0v) is 16.4. The van der Waals surface area contributed by atoms with Crippen LogP contribution in [0.3, 0.4) is 0 Å². The van der Waals surface area contributed by atoms with Gasteiger partial charge in [-0.15, -0.1) is 0 Å². The number of carbonyl (C=O) groups is 2. The number of aryl methyl sites for hydroxylation is 4. The van der Waals surface area contributed by atoms with Crippen molar-refractivity contribution in [3.8, 4) is 5.75 Å². The molecular weight excluding hydrogens is 354 g/mol. The van der Waals surface area contributed by atoms with E-state index in [0.29, 0.717) is 17.1 Å². The van der Waals surface area contributed by atoms with Crippen molar-refractivity contribution >= 4 is 17.4 Å². The Labute approximate surface area is 164 Å². The van der Waals surface area contributed by atoms with Gasteiger partial charge in [0.1, 0.15) is 5.75 Å². The van der Waals surface area contributed by atoms with E-state index in [0.717, 1.165) is 22.4 Å². The Balaban J connectivity index is 1.61. The highest BCUT2D eigenvalue weighted by Crippen LogP contribution is 2.24. The molecule has 144 valence electrons. The number of imidazole rings is 1. The number of anilines is 1. The Hall–Kier alpha value is -3.41. The van der Waals surface area contributed by atoms with Gasteiger partial charge in [0.15, 0.2) is 12.4 Å². The fraction of sp³-hybridized carbons (Fsp3) is 0.227. The average molecular weight is 377 g/mol. The van der Waals surface area contributed by atoms with Crippen LogP contribution in [0.2, 0.25) is 0 Å². The number of benzene rings is 2. The van der Waals surface area contributed by atoms with Crippen LogP contribution in [0.1, 0.15) is 32.9 Å². The Morgan fingerprint density at radius 1 is 1.07 bits per heavy atom. The maximum atomic E-state index is 12.4. The Morgan fingerprint density at radius 3 is 2.29 bits per heavy atom. The van der Waals surface area contributed by atoms with Crippen LogP contribution in [0.15, 0.2) is 48.8 Å². The van der Waals surface area contributed by atoms with Gasteiger partial charge in [-0.05, 0) is 56.2 Å². The number of ether oxygens (including phenoxy) is 1. The summed E-state index contributed by atoms with van der Waals surface area (Å²) in [5, 5.41) is 2.78. The van der Waals surface area contributed by atoms with Gasteiger partial charge in [0, 0.05) is 30.7 Å². The number of carbonyl (C=O) groups excluding carboxylic acids is 2. The molecule has 3 rings (SSSR count). The Bertz CT molecular complexity index is 997. The molecule has 2 aromatic carbocycles. The number of aromatic nitrogens is 2. The summed E-state index contributed by atoms with van der Waals surface area (Å²) in [5.41, 5.74) is 4.27. The molecule has 6 nitrogen and oxygen atoms in total. The molecule has 0 aliphatic carbocycles. The second-order valence-electron chi connectivity index (χ2n) is 6.83. The largest absolute Gasteiger partial charge is 0.483 e. The van der Waals surface area contributed by atoms with E-state index in [1.165, 1.54) is 0 Å². The number of hydrogen-bond acceptors (Lipinski definition) is 4. The van der Waals surface area contributed by atoms with E-state index in [1.807, 2.05) is 32.9 Å². The van der Waals surface area contributed by atoms with Gasteiger partial charge >= 0.3 is 0 Å². The maximum absolute atomic E-state index is 12.4. The van der Waals surface area contributed by atoms with Crippen LogP contribution in [-0.2, 0) is 11.8 Å². The quantitative estimate of drug-likeness (QED) is 0.666. The molecule has 28 heavy (non-hydrogen) atoms. The molecule has 0 atom stereocenters. The van der Waals surface area contributed by atoms with E-state index >= 15 is 0 Å². The van der Waals surface area contributed by atoms with Crippen molar-refractivity contribution < 1.29 is 14.3 Å². The van der Waals surface area contributed by atoms with Crippen LogP contribution in [0.5, 0.6) is 5.75 Å². The van der Waals surface area contributed by atoms with Gasteiger partial charge in [0.05, 0.1) is 0 Å². The molecule has 0 aliphatic rings. The summed E-state index contributed by atoms with van der Waals surface area (Å²) >= 11 is 0. The fourth-order valence-corrected chi connectivity index (χ4v) is 3.15. The minimum Gasteiger partial charge on any atom is -0.483 e. The van der Waals surface area contributed by atoms with Crippen LogP contribution < -0.4 is 10.1 Å².